The van der Waals surface area contributed by atoms with Crippen molar-refractivity contribution in [2.24, 2.45) is 0 Å². The summed E-state index contributed by atoms with van der Waals surface area (Å²) in [6, 6.07) is 0. The minimum Gasteiger partial charge on any atom is -0.394 e. The molecule has 0 atom stereocenters. The molecular formula is C6H15O2Si. The van der Waals surface area contributed by atoms with Crippen molar-refractivity contribution in [3.63, 3.8) is 0 Å². The molecule has 0 amide bonds. The van der Waals surface area contributed by atoms with Crippen molar-refractivity contribution in [2.45, 2.75) is 33.4 Å². The van der Waals surface area contributed by atoms with Crippen molar-refractivity contribution < 1.29 is 8.85 Å². The second-order valence-electron chi connectivity index (χ2n) is 2.09. The molecule has 0 bridgehead atoms. The van der Waals surface area contributed by atoms with E-state index in [4.69, 9.17) is 8.85 Å². The van der Waals surface area contributed by atoms with Crippen LogP contribution >= 0.6 is 0 Å². The fraction of sp³-hybridized carbons (Fsp3) is 1.00. The Balaban J connectivity index is 3.15. The van der Waals surface area contributed by atoms with Crippen LogP contribution in [0.2, 0.25) is 6.55 Å². The van der Waals surface area contributed by atoms with E-state index >= 15 is 0 Å². The van der Waals surface area contributed by atoms with Gasteiger partial charge in [-0.1, -0.05) is 0 Å². The van der Waals surface area contributed by atoms with Crippen molar-refractivity contribution in [3.05, 3.63) is 0 Å². The maximum Gasteiger partial charge on any atom is 0.381 e. The van der Waals surface area contributed by atoms with E-state index in [0.717, 1.165) is 6.61 Å². The molecule has 0 aromatic rings. The Kier molecular flexibility index (Phi) is 5.04. The van der Waals surface area contributed by atoms with Gasteiger partial charge in [-0.25, -0.2) is 0 Å². The first-order chi connectivity index (χ1) is 4.16. The van der Waals surface area contributed by atoms with E-state index in [0.29, 0.717) is 6.10 Å². The van der Waals surface area contributed by atoms with Crippen molar-refractivity contribution in [2.75, 3.05) is 6.61 Å². The lowest BCUT2D eigenvalue weighted by molar-refractivity contribution is 0.167. The van der Waals surface area contributed by atoms with Gasteiger partial charge in [0, 0.05) is 12.7 Å². The molecule has 0 rings (SSSR count). The van der Waals surface area contributed by atoms with Crippen molar-refractivity contribution >= 4 is 9.28 Å². The summed E-state index contributed by atoms with van der Waals surface area (Å²) in [7, 11) is -0.940. The predicted octanol–water partition coefficient (Wildman–Crippen LogP) is 1.57. The molecule has 0 heterocycles. The van der Waals surface area contributed by atoms with Gasteiger partial charge in [-0.15, -0.1) is 0 Å². The van der Waals surface area contributed by atoms with Gasteiger partial charge in [-0.2, -0.15) is 0 Å². The second-order valence-corrected chi connectivity index (χ2v) is 3.60. The molecule has 0 unspecified atom stereocenters. The van der Waals surface area contributed by atoms with Crippen molar-refractivity contribution in [1.82, 2.24) is 0 Å². The maximum absolute atomic E-state index is 5.37. The van der Waals surface area contributed by atoms with Crippen LogP contribution in [0.15, 0.2) is 0 Å². The number of rotatable bonds is 4. The molecule has 0 aromatic heterocycles. The lowest BCUT2D eigenvalue weighted by Crippen LogP contribution is -2.22. The van der Waals surface area contributed by atoms with Gasteiger partial charge in [0.15, 0.2) is 0 Å². The Bertz CT molecular complexity index is 66.1. The van der Waals surface area contributed by atoms with E-state index in [1.807, 2.05) is 27.3 Å². The first kappa shape index (κ1) is 9.14. The fourth-order valence-corrected chi connectivity index (χ4v) is 1.71. The summed E-state index contributed by atoms with van der Waals surface area (Å²) in [5.74, 6) is 0. The Morgan fingerprint density at radius 3 is 2.33 bits per heavy atom. The van der Waals surface area contributed by atoms with Gasteiger partial charge in [0.2, 0.25) is 0 Å². The second kappa shape index (κ2) is 4.96. The van der Waals surface area contributed by atoms with Crippen LogP contribution in [0.25, 0.3) is 0 Å². The van der Waals surface area contributed by atoms with Gasteiger partial charge < -0.3 is 8.85 Å². The molecule has 0 spiro atoms. The summed E-state index contributed by atoms with van der Waals surface area (Å²) in [6.07, 6.45) is 0.301. The third kappa shape index (κ3) is 6.02. The zero-order valence-corrected chi connectivity index (χ0v) is 7.60. The highest BCUT2D eigenvalue weighted by Gasteiger charge is 2.07. The van der Waals surface area contributed by atoms with Gasteiger partial charge in [-0.05, 0) is 27.3 Å². The molecule has 0 aliphatic rings. The lowest BCUT2D eigenvalue weighted by atomic mass is 10.5. The highest BCUT2D eigenvalue weighted by Crippen LogP contribution is 1.93. The van der Waals surface area contributed by atoms with Crippen LogP contribution in [0.1, 0.15) is 20.8 Å². The molecular weight excluding hydrogens is 132 g/mol. The largest absolute Gasteiger partial charge is 0.394 e. The summed E-state index contributed by atoms with van der Waals surface area (Å²) in [5, 5.41) is 0. The van der Waals surface area contributed by atoms with E-state index in [-0.39, 0.29) is 0 Å². The lowest BCUT2D eigenvalue weighted by Gasteiger charge is -2.11. The number of hydrogen-bond donors (Lipinski definition) is 0. The standard InChI is InChI=1S/C6H15O2Si/c1-5-7-9(4)8-6(2)3/h6H,5H2,1-4H3. The van der Waals surface area contributed by atoms with E-state index in [1.165, 1.54) is 0 Å². The highest BCUT2D eigenvalue weighted by atomic mass is 28.3. The quantitative estimate of drug-likeness (QED) is 0.562. The van der Waals surface area contributed by atoms with Crippen LogP contribution in [0.5, 0.6) is 0 Å². The SMILES string of the molecule is CCO[Si](C)OC(C)C. The van der Waals surface area contributed by atoms with Crippen LogP contribution < -0.4 is 0 Å². The Hall–Kier alpha value is 0.137. The first-order valence-corrected chi connectivity index (χ1v) is 5.11. The summed E-state index contributed by atoms with van der Waals surface area (Å²) >= 11 is 0. The predicted molar refractivity (Wildman–Crippen MR) is 39.5 cm³/mol. The van der Waals surface area contributed by atoms with Gasteiger partial charge >= 0.3 is 9.28 Å². The minimum atomic E-state index is -0.940. The molecule has 0 aliphatic carbocycles. The molecule has 55 valence electrons. The van der Waals surface area contributed by atoms with Crippen molar-refractivity contribution in [3.8, 4) is 0 Å². The average molecular weight is 147 g/mol. The molecule has 0 fully saturated rings. The van der Waals surface area contributed by atoms with Gasteiger partial charge in [0.1, 0.15) is 0 Å². The Labute approximate surface area is 59.0 Å². The fourth-order valence-electron chi connectivity index (χ4n) is 0.569. The summed E-state index contributed by atoms with van der Waals surface area (Å²) in [5.41, 5.74) is 0. The van der Waals surface area contributed by atoms with Crippen LogP contribution in [0, 0.1) is 0 Å². The normalized spacial score (nSPS) is 11.3. The highest BCUT2D eigenvalue weighted by molar-refractivity contribution is 6.42. The summed E-state index contributed by atoms with van der Waals surface area (Å²) in [4.78, 5) is 0. The average Bonchev–Trinajstić information content (AvgIpc) is 1.63. The zero-order chi connectivity index (χ0) is 7.28. The third-order valence-electron chi connectivity index (χ3n) is 0.749. The van der Waals surface area contributed by atoms with E-state index in [2.05, 4.69) is 0 Å². The monoisotopic (exact) mass is 147 g/mol. The van der Waals surface area contributed by atoms with Gasteiger partial charge in [-0.3, -0.25) is 0 Å². The van der Waals surface area contributed by atoms with E-state index in [1.54, 1.807) is 0 Å². The van der Waals surface area contributed by atoms with Crippen LogP contribution in [0.3, 0.4) is 0 Å². The first-order valence-electron chi connectivity index (χ1n) is 3.29. The molecule has 0 saturated heterocycles. The van der Waals surface area contributed by atoms with Crippen LogP contribution in [-0.4, -0.2) is 22.0 Å². The van der Waals surface area contributed by atoms with E-state index < -0.39 is 9.28 Å². The smallest absolute Gasteiger partial charge is 0.381 e. The number of hydrogen-bond acceptors (Lipinski definition) is 2. The molecule has 3 heteroatoms. The van der Waals surface area contributed by atoms with E-state index in [9.17, 15) is 0 Å². The van der Waals surface area contributed by atoms with Crippen LogP contribution in [0.4, 0.5) is 0 Å². The third-order valence-corrected chi connectivity index (χ3v) is 2.25. The zero-order valence-electron chi connectivity index (χ0n) is 6.60. The molecule has 0 aromatic carbocycles. The topological polar surface area (TPSA) is 18.5 Å². The molecule has 0 aliphatic heterocycles. The summed E-state index contributed by atoms with van der Waals surface area (Å²) in [6.45, 7) is 8.80. The molecule has 9 heavy (non-hydrogen) atoms. The Morgan fingerprint density at radius 1 is 1.44 bits per heavy atom. The van der Waals surface area contributed by atoms with Crippen molar-refractivity contribution in [1.29, 1.82) is 0 Å². The molecule has 0 saturated carbocycles. The summed E-state index contributed by atoms with van der Waals surface area (Å²) < 4.78 is 10.6. The Morgan fingerprint density at radius 2 is 2.00 bits per heavy atom. The van der Waals surface area contributed by atoms with Gasteiger partial charge in [0.05, 0.1) is 0 Å². The molecule has 2 nitrogen and oxygen atoms in total. The van der Waals surface area contributed by atoms with Gasteiger partial charge in [0.25, 0.3) is 0 Å². The molecule has 1 radical (unpaired) electrons. The minimum absolute atomic E-state index is 0.301. The molecule has 0 N–H and O–H groups in total. The van der Waals surface area contributed by atoms with Crippen LogP contribution in [-0.2, 0) is 8.85 Å². The maximum atomic E-state index is 5.37.